The van der Waals surface area contributed by atoms with Crippen LogP contribution in [0.15, 0.2) is 42.2 Å². The topological polar surface area (TPSA) is 9.23 Å². The Morgan fingerprint density at radius 1 is 1.25 bits per heavy atom. The normalized spacial score (nSPS) is 18.9. The Morgan fingerprint density at radius 2 is 1.92 bits per heavy atom. The first-order chi connectivity index (χ1) is 11.2. The number of benzene rings is 1. The van der Waals surface area contributed by atoms with Crippen LogP contribution in [-0.4, -0.2) is 17.8 Å². The third-order valence-electron chi connectivity index (χ3n) is 4.95. The molecule has 0 saturated carbocycles. The summed E-state index contributed by atoms with van der Waals surface area (Å²) in [7, 11) is -1.73. The molecule has 132 valence electrons. The van der Waals surface area contributed by atoms with Gasteiger partial charge in [0, 0.05) is 18.1 Å². The van der Waals surface area contributed by atoms with Gasteiger partial charge in [0.25, 0.3) is 0 Å². The van der Waals surface area contributed by atoms with E-state index in [4.69, 9.17) is 16.6 Å². The largest absolute Gasteiger partial charge is 0.547 e. The zero-order chi connectivity index (χ0) is 17.8. The number of thiocarbonyl (C=S) groups is 1. The van der Waals surface area contributed by atoms with E-state index in [2.05, 4.69) is 64.2 Å². The summed E-state index contributed by atoms with van der Waals surface area (Å²) in [4.78, 5) is 0. The Bertz CT molecular complexity index is 587. The molecule has 0 N–H and O–H groups in total. The second kappa shape index (κ2) is 8.20. The summed E-state index contributed by atoms with van der Waals surface area (Å²) in [6.07, 6.45) is 6.70. The van der Waals surface area contributed by atoms with Gasteiger partial charge in [0.15, 0.2) is 0 Å². The summed E-state index contributed by atoms with van der Waals surface area (Å²) < 4.78 is 7.60. The SMILES string of the molecule is CC(C)(C)[Si](C)(C)OC1=CC(SC(=S)Cc2ccccc2)CCC1. The molecule has 0 amide bonds. The van der Waals surface area contributed by atoms with Crippen molar-refractivity contribution in [2.75, 3.05) is 0 Å². The first-order valence-electron chi connectivity index (χ1n) is 8.80. The minimum absolute atomic E-state index is 0.247. The maximum atomic E-state index is 6.52. The van der Waals surface area contributed by atoms with Gasteiger partial charge < -0.3 is 4.43 Å². The summed E-state index contributed by atoms with van der Waals surface area (Å²) in [5.41, 5.74) is 1.30. The van der Waals surface area contributed by atoms with E-state index in [9.17, 15) is 0 Å². The molecule has 1 aromatic carbocycles. The van der Waals surface area contributed by atoms with Gasteiger partial charge in [-0.25, -0.2) is 0 Å². The molecule has 0 aliphatic heterocycles. The Labute approximate surface area is 158 Å². The van der Waals surface area contributed by atoms with E-state index in [1.165, 1.54) is 24.2 Å². The van der Waals surface area contributed by atoms with Gasteiger partial charge in [0.1, 0.15) is 0 Å². The van der Waals surface area contributed by atoms with Crippen LogP contribution in [0.25, 0.3) is 0 Å². The van der Waals surface area contributed by atoms with Crippen molar-refractivity contribution in [3.8, 4) is 0 Å². The molecule has 1 unspecified atom stereocenters. The fourth-order valence-corrected chi connectivity index (χ4v) is 5.24. The fraction of sp³-hybridized carbons (Fsp3) is 0.550. The fourth-order valence-electron chi connectivity index (χ4n) is 2.48. The summed E-state index contributed by atoms with van der Waals surface area (Å²) in [5.74, 6) is 1.20. The molecule has 1 aliphatic carbocycles. The van der Waals surface area contributed by atoms with Crippen molar-refractivity contribution >= 4 is 36.5 Å². The van der Waals surface area contributed by atoms with Crippen molar-refractivity contribution in [3.05, 3.63) is 47.7 Å². The smallest absolute Gasteiger partial charge is 0.250 e. The van der Waals surface area contributed by atoms with E-state index in [0.29, 0.717) is 5.25 Å². The second-order valence-corrected chi connectivity index (χ2v) is 14.9. The highest BCUT2D eigenvalue weighted by atomic mass is 32.2. The van der Waals surface area contributed by atoms with Crippen LogP contribution in [0, 0.1) is 0 Å². The number of hydrogen-bond acceptors (Lipinski definition) is 3. The molecule has 1 aromatic rings. The first-order valence-corrected chi connectivity index (χ1v) is 13.0. The van der Waals surface area contributed by atoms with Gasteiger partial charge in [-0.1, -0.05) is 63.3 Å². The minimum atomic E-state index is -1.73. The molecule has 0 saturated heterocycles. The predicted octanol–water partition coefficient (Wildman–Crippen LogP) is 6.75. The third-order valence-corrected chi connectivity index (χ3v) is 10.8. The second-order valence-electron chi connectivity index (χ2n) is 8.08. The van der Waals surface area contributed by atoms with Crippen LogP contribution in [0.5, 0.6) is 0 Å². The van der Waals surface area contributed by atoms with Crippen LogP contribution in [0.4, 0.5) is 0 Å². The molecule has 1 nitrogen and oxygen atoms in total. The van der Waals surface area contributed by atoms with Gasteiger partial charge in [0.2, 0.25) is 8.32 Å². The number of thioether (sulfide) groups is 1. The van der Waals surface area contributed by atoms with Crippen LogP contribution in [-0.2, 0) is 10.8 Å². The molecule has 4 heteroatoms. The maximum absolute atomic E-state index is 6.52. The van der Waals surface area contributed by atoms with Crippen molar-refractivity contribution in [1.82, 2.24) is 0 Å². The monoisotopic (exact) mass is 378 g/mol. The lowest BCUT2D eigenvalue weighted by atomic mass is 10.1. The van der Waals surface area contributed by atoms with E-state index in [0.717, 1.165) is 17.0 Å². The van der Waals surface area contributed by atoms with Gasteiger partial charge in [-0.05, 0) is 42.6 Å². The summed E-state index contributed by atoms with van der Waals surface area (Å²) in [6, 6.07) is 10.5. The summed E-state index contributed by atoms with van der Waals surface area (Å²) in [6.45, 7) is 11.5. The number of allylic oxidation sites excluding steroid dienone is 1. The maximum Gasteiger partial charge on any atom is 0.250 e. The lowest BCUT2D eigenvalue weighted by molar-refractivity contribution is 0.352. The molecule has 0 bridgehead atoms. The van der Waals surface area contributed by atoms with E-state index in [-0.39, 0.29) is 5.04 Å². The molecule has 0 heterocycles. The Kier molecular flexibility index (Phi) is 6.74. The van der Waals surface area contributed by atoms with Crippen LogP contribution in [0.1, 0.15) is 45.6 Å². The van der Waals surface area contributed by atoms with Crippen molar-refractivity contribution in [2.24, 2.45) is 0 Å². The van der Waals surface area contributed by atoms with Crippen LogP contribution >= 0.6 is 24.0 Å². The van der Waals surface area contributed by atoms with E-state index in [1.807, 2.05) is 17.8 Å². The zero-order valence-corrected chi connectivity index (χ0v) is 18.2. The van der Waals surface area contributed by atoms with Gasteiger partial charge in [0.05, 0.1) is 9.96 Å². The molecular weight excluding hydrogens is 348 g/mol. The van der Waals surface area contributed by atoms with Gasteiger partial charge in [-0.15, -0.1) is 11.8 Å². The van der Waals surface area contributed by atoms with Crippen molar-refractivity contribution in [1.29, 1.82) is 0 Å². The number of hydrogen-bond donors (Lipinski definition) is 0. The molecule has 24 heavy (non-hydrogen) atoms. The third kappa shape index (κ3) is 5.75. The van der Waals surface area contributed by atoms with E-state index in [1.54, 1.807) is 0 Å². The average molecular weight is 379 g/mol. The molecule has 1 aliphatic rings. The predicted molar refractivity (Wildman–Crippen MR) is 114 cm³/mol. The van der Waals surface area contributed by atoms with Gasteiger partial charge >= 0.3 is 0 Å². The van der Waals surface area contributed by atoms with Crippen molar-refractivity contribution in [3.63, 3.8) is 0 Å². The standard InChI is InChI=1S/C20H30OS2Si/c1-20(2,3)24(4,5)21-17-12-9-13-18(15-17)23-19(22)14-16-10-7-6-8-11-16/h6-8,10-11,15,18H,9,12-14H2,1-5H3. The lowest BCUT2D eigenvalue weighted by Crippen LogP contribution is -2.40. The zero-order valence-electron chi connectivity index (χ0n) is 15.6. The van der Waals surface area contributed by atoms with Crippen LogP contribution < -0.4 is 0 Å². The molecule has 1 atom stereocenters. The molecule has 2 rings (SSSR count). The highest BCUT2D eigenvalue weighted by Gasteiger charge is 2.39. The molecule has 0 radical (unpaired) electrons. The van der Waals surface area contributed by atoms with E-state index < -0.39 is 8.32 Å². The molecular formula is C20H30OS2Si. The summed E-state index contributed by atoms with van der Waals surface area (Å²) in [5, 5.41) is 0.714. The van der Waals surface area contributed by atoms with E-state index >= 15 is 0 Å². The molecule has 0 fully saturated rings. The average Bonchev–Trinajstić information content (AvgIpc) is 2.46. The van der Waals surface area contributed by atoms with Crippen molar-refractivity contribution in [2.45, 2.75) is 69.8 Å². The van der Waals surface area contributed by atoms with Crippen molar-refractivity contribution < 1.29 is 4.43 Å². The highest BCUT2D eigenvalue weighted by Crippen LogP contribution is 2.40. The lowest BCUT2D eigenvalue weighted by Gasteiger charge is -2.38. The molecule has 0 aromatic heterocycles. The Hall–Kier alpha value is -0.583. The van der Waals surface area contributed by atoms with Gasteiger partial charge in [-0.2, -0.15) is 0 Å². The Balaban J connectivity index is 1.95. The minimum Gasteiger partial charge on any atom is -0.547 e. The summed E-state index contributed by atoms with van der Waals surface area (Å²) >= 11 is 7.47. The Morgan fingerprint density at radius 3 is 2.54 bits per heavy atom. The quantitative estimate of drug-likeness (QED) is 0.414. The van der Waals surface area contributed by atoms with Gasteiger partial charge in [-0.3, -0.25) is 0 Å². The van der Waals surface area contributed by atoms with Crippen LogP contribution in [0.2, 0.25) is 18.1 Å². The molecule has 0 spiro atoms. The highest BCUT2D eigenvalue weighted by molar-refractivity contribution is 8.23. The number of rotatable bonds is 5. The van der Waals surface area contributed by atoms with Crippen LogP contribution in [0.3, 0.4) is 0 Å². The first kappa shape index (κ1) is 19.7.